The summed E-state index contributed by atoms with van der Waals surface area (Å²) in [5.74, 6) is -1.73. The van der Waals surface area contributed by atoms with Crippen molar-refractivity contribution in [1.29, 1.82) is 0 Å². The lowest BCUT2D eigenvalue weighted by molar-refractivity contribution is -0.305. The second kappa shape index (κ2) is 8.28. The topological polar surface area (TPSA) is 113 Å². The van der Waals surface area contributed by atoms with Gasteiger partial charge in [-0.1, -0.05) is 23.7 Å². The second-order valence-electron chi connectivity index (χ2n) is 7.14. The first-order valence-corrected chi connectivity index (χ1v) is 9.91. The summed E-state index contributed by atoms with van der Waals surface area (Å²) in [6.07, 6.45) is 1.11. The maximum atomic E-state index is 12.5. The van der Waals surface area contributed by atoms with Gasteiger partial charge >= 0.3 is 5.63 Å². The Balaban J connectivity index is 1.74. The van der Waals surface area contributed by atoms with Crippen LogP contribution in [-0.2, 0) is 16.0 Å². The van der Waals surface area contributed by atoms with Gasteiger partial charge in [0.2, 0.25) is 5.91 Å². The van der Waals surface area contributed by atoms with E-state index in [4.69, 9.17) is 20.4 Å². The number of carbonyl (C=O) groups excluding carboxylic acids is 2. The number of fused-ring (bicyclic) bond motifs is 2. The Morgan fingerprint density at radius 2 is 1.84 bits per heavy atom. The van der Waals surface area contributed by atoms with Crippen molar-refractivity contribution in [3.8, 4) is 11.1 Å². The Morgan fingerprint density at radius 3 is 2.55 bits per heavy atom. The molecule has 4 aromatic rings. The highest BCUT2D eigenvalue weighted by atomic mass is 35.5. The fourth-order valence-corrected chi connectivity index (χ4v) is 3.62. The number of carboxylic acid groups (broad SMARTS) is 1. The van der Waals surface area contributed by atoms with E-state index in [1.807, 2.05) is 18.2 Å². The molecule has 2 aromatic carbocycles. The molecule has 4 rings (SSSR count). The molecule has 0 fully saturated rings. The molecule has 0 aliphatic rings. The van der Waals surface area contributed by atoms with Crippen LogP contribution in [-0.4, -0.2) is 18.4 Å². The minimum Gasteiger partial charge on any atom is -0.550 e. The summed E-state index contributed by atoms with van der Waals surface area (Å²) in [6, 6.07) is 10.9. The van der Waals surface area contributed by atoms with Crippen molar-refractivity contribution in [2.75, 3.05) is 6.54 Å². The van der Waals surface area contributed by atoms with Crippen LogP contribution in [0.2, 0.25) is 5.02 Å². The van der Waals surface area contributed by atoms with Gasteiger partial charge < -0.3 is 24.1 Å². The van der Waals surface area contributed by atoms with Gasteiger partial charge in [-0.15, -0.1) is 0 Å². The first kappa shape index (κ1) is 20.7. The number of carboxylic acids is 1. The molecule has 0 spiro atoms. The average molecular weight is 439 g/mol. The summed E-state index contributed by atoms with van der Waals surface area (Å²) in [5, 5.41) is 15.1. The zero-order valence-electron chi connectivity index (χ0n) is 16.5. The summed E-state index contributed by atoms with van der Waals surface area (Å²) >= 11 is 5.98. The number of hydrogen-bond acceptors (Lipinski definition) is 6. The van der Waals surface area contributed by atoms with Gasteiger partial charge in [-0.2, -0.15) is 0 Å². The smallest absolute Gasteiger partial charge is 0.340 e. The van der Waals surface area contributed by atoms with Crippen LogP contribution in [0.1, 0.15) is 17.5 Å². The fourth-order valence-electron chi connectivity index (χ4n) is 3.49. The number of rotatable bonds is 6. The average Bonchev–Trinajstić information content (AvgIpc) is 3.13. The third kappa shape index (κ3) is 4.18. The van der Waals surface area contributed by atoms with E-state index in [1.54, 1.807) is 31.4 Å². The SMILES string of the molecule is Cc1c(CC(=O)NCCC(=O)[O-])c(=O)oc2cc3occ(-c4ccc(Cl)cc4)c3cc12. The molecule has 0 saturated carbocycles. The number of nitrogens with one attached hydrogen (secondary N) is 1. The fraction of sp³-hybridized carbons (Fsp3) is 0.174. The lowest BCUT2D eigenvalue weighted by Crippen LogP contribution is -2.32. The van der Waals surface area contributed by atoms with Crippen LogP contribution in [0.15, 0.2) is 56.3 Å². The summed E-state index contributed by atoms with van der Waals surface area (Å²) in [6.45, 7) is 1.68. The van der Waals surface area contributed by atoms with Gasteiger partial charge in [-0.05, 0) is 36.2 Å². The molecule has 0 bridgehead atoms. The lowest BCUT2D eigenvalue weighted by atomic mass is 9.99. The molecule has 8 heteroatoms. The van der Waals surface area contributed by atoms with Crippen molar-refractivity contribution in [2.45, 2.75) is 19.8 Å². The molecule has 7 nitrogen and oxygen atoms in total. The third-order valence-corrected chi connectivity index (χ3v) is 5.38. The lowest BCUT2D eigenvalue weighted by Gasteiger charge is -2.09. The van der Waals surface area contributed by atoms with Gasteiger partial charge in [-0.3, -0.25) is 4.79 Å². The number of halogens is 1. The number of aryl methyl sites for hydroxylation is 1. The summed E-state index contributed by atoms with van der Waals surface area (Å²) in [5.41, 5.74) is 2.91. The molecule has 0 unspecified atom stereocenters. The summed E-state index contributed by atoms with van der Waals surface area (Å²) in [7, 11) is 0. The minimum atomic E-state index is -1.26. The molecule has 2 heterocycles. The molecule has 0 aliphatic heterocycles. The molecule has 2 aromatic heterocycles. The van der Waals surface area contributed by atoms with Crippen molar-refractivity contribution >= 4 is 45.4 Å². The van der Waals surface area contributed by atoms with Crippen LogP contribution in [0.25, 0.3) is 33.1 Å². The van der Waals surface area contributed by atoms with E-state index in [9.17, 15) is 19.5 Å². The van der Waals surface area contributed by atoms with Crippen LogP contribution in [0.3, 0.4) is 0 Å². The highest BCUT2D eigenvalue weighted by Gasteiger charge is 2.17. The third-order valence-electron chi connectivity index (χ3n) is 5.13. The van der Waals surface area contributed by atoms with Gasteiger partial charge in [0.1, 0.15) is 11.2 Å². The number of amides is 1. The Kier molecular flexibility index (Phi) is 5.52. The van der Waals surface area contributed by atoms with Crippen molar-refractivity contribution in [3.05, 3.63) is 69.2 Å². The Hall–Kier alpha value is -3.58. The molecule has 31 heavy (non-hydrogen) atoms. The Labute approximate surface area is 181 Å². The van der Waals surface area contributed by atoms with E-state index in [2.05, 4.69) is 5.32 Å². The molecule has 158 valence electrons. The normalized spacial score (nSPS) is 11.2. The quantitative estimate of drug-likeness (QED) is 0.463. The second-order valence-corrected chi connectivity index (χ2v) is 7.58. The number of aliphatic carboxylic acids is 1. The van der Waals surface area contributed by atoms with Crippen molar-refractivity contribution in [2.24, 2.45) is 0 Å². The monoisotopic (exact) mass is 438 g/mol. The van der Waals surface area contributed by atoms with Gasteiger partial charge in [0, 0.05) is 46.4 Å². The Bertz CT molecular complexity index is 1370. The molecular formula is C23H17ClNO6-. The first-order chi connectivity index (χ1) is 14.8. The minimum absolute atomic E-state index is 0.0702. The molecule has 1 amide bonds. The molecule has 0 radical (unpaired) electrons. The van der Waals surface area contributed by atoms with E-state index in [-0.39, 0.29) is 24.9 Å². The standard InChI is InChI=1S/C23H18ClNO6/c1-12-15-8-17-18(13-2-4-14(24)5-3-13)11-30-19(17)10-20(15)31-23(29)16(12)9-21(26)25-7-6-22(27)28/h2-5,8,10-11H,6-7,9H2,1H3,(H,25,26)(H,27,28)/p-1. The highest BCUT2D eigenvalue weighted by Crippen LogP contribution is 2.35. The van der Waals surface area contributed by atoms with Crippen LogP contribution in [0.5, 0.6) is 0 Å². The molecular weight excluding hydrogens is 422 g/mol. The predicted octanol–water partition coefficient (Wildman–Crippen LogP) is 2.97. The van der Waals surface area contributed by atoms with Crippen LogP contribution in [0, 0.1) is 6.92 Å². The maximum Gasteiger partial charge on any atom is 0.340 e. The predicted molar refractivity (Wildman–Crippen MR) is 114 cm³/mol. The van der Waals surface area contributed by atoms with Gasteiger partial charge in [0.15, 0.2) is 0 Å². The maximum absolute atomic E-state index is 12.5. The van der Waals surface area contributed by atoms with Gasteiger partial charge in [0.05, 0.1) is 18.2 Å². The van der Waals surface area contributed by atoms with Crippen LogP contribution in [0.4, 0.5) is 0 Å². The summed E-state index contributed by atoms with van der Waals surface area (Å²) < 4.78 is 11.1. The van der Waals surface area contributed by atoms with Gasteiger partial charge in [0.25, 0.3) is 0 Å². The number of benzene rings is 2. The van der Waals surface area contributed by atoms with Crippen LogP contribution < -0.4 is 16.0 Å². The van der Waals surface area contributed by atoms with E-state index in [1.165, 1.54) is 0 Å². The number of hydrogen-bond donors (Lipinski definition) is 1. The molecule has 0 saturated heterocycles. The highest BCUT2D eigenvalue weighted by molar-refractivity contribution is 6.30. The zero-order chi connectivity index (χ0) is 22.1. The van der Waals surface area contributed by atoms with Crippen molar-refractivity contribution < 1.29 is 23.5 Å². The van der Waals surface area contributed by atoms with Gasteiger partial charge in [-0.25, -0.2) is 4.79 Å². The van der Waals surface area contributed by atoms with E-state index < -0.39 is 17.5 Å². The molecule has 1 N–H and O–H groups in total. The van der Waals surface area contributed by atoms with E-state index in [0.717, 1.165) is 16.5 Å². The van der Waals surface area contributed by atoms with Crippen molar-refractivity contribution in [3.63, 3.8) is 0 Å². The zero-order valence-corrected chi connectivity index (χ0v) is 17.2. The van der Waals surface area contributed by atoms with E-state index in [0.29, 0.717) is 27.1 Å². The Morgan fingerprint density at radius 1 is 1.10 bits per heavy atom. The first-order valence-electron chi connectivity index (χ1n) is 9.53. The van der Waals surface area contributed by atoms with E-state index >= 15 is 0 Å². The molecule has 0 aliphatic carbocycles. The van der Waals surface area contributed by atoms with Crippen LogP contribution >= 0.6 is 11.6 Å². The largest absolute Gasteiger partial charge is 0.550 e. The number of carbonyl (C=O) groups is 2. The number of furan rings is 1. The molecule has 0 atom stereocenters. The van der Waals surface area contributed by atoms with Crippen molar-refractivity contribution in [1.82, 2.24) is 5.32 Å². The summed E-state index contributed by atoms with van der Waals surface area (Å²) in [4.78, 5) is 35.1.